The Labute approximate surface area is 149 Å². The third kappa shape index (κ3) is 3.12. The highest BCUT2D eigenvalue weighted by atomic mass is 32.1. The molecular formula is C17H19N5O2S. The van der Waals surface area contributed by atoms with Crippen molar-refractivity contribution in [2.45, 2.75) is 13.5 Å². The lowest BCUT2D eigenvalue weighted by Gasteiger charge is -2.16. The minimum absolute atomic E-state index is 0.139. The number of nitrogens with one attached hydrogen (secondary N) is 1. The number of rotatable bonds is 4. The van der Waals surface area contributed by atoms with Gasteiger partial charge in [0, 0.05) is 39.4 Å². The van der Waals surface area contributed by atoms with Crippen LogP contribution in [0, 0.1) is 6.92 Å². The molecule has 0 fully saturated rings. The largest absolute Gasteiger partial charge is 0.362 e. The van der Waals surface area contributed by atoms with E-state index in [1.54, 1.807) is 20.2 Å². The van der Waals surface area contributed by atoms with Crippen LogP contribution >= 0.6 is 11.3 Å². The summed E-state index contributed by atoms with van der Waals surface area (Å²) in [5.41, 5.74) is 1.46. The first-order chi connectivity index (χ1) is 11.9. The summed E-state index contributed by atoms with van der Waals surface area (Å²) >= 11 is 1.24. The van der Waals surface area contributed by atoms with Crippen LogP contribution in [0.15, 0.2) is 29.5 Å². The maximum Gasteiger partial charge on any atom is 0.262 e. The fourth-order valence-corrected chi connectivity index (χ4v) is 3.71. The molecule has 0 aliphatic carbocycles. The summed E-state index contributed by atoms with van der Waals surface area (Å²) in [4.78, 5) is 36.5. The molecule has 7 nitrogen and oxygen atoms in total. The molecule has 0 aliphatic rings. The highest BCUT2D eigenvalue weighted by Crippen LogP contribution is 2.26. The van der Waals surface area contributed by atoms with Crippen LogP contribution in [0.5, 0.6) is 0 Å². The van der Waals surface area contributed by atoms with Crippen LogP contribution in [0.1, 0.15) is 20.8 Å². The Morgan fingerprint density at radius 3 is 2.84 bits per heavy atom. The monoisotopic (exact) mass is 357 g/mol. The van der Waals surface area contributed by atoms with Gasteiger partial charge in [-0.05, 0) is 18.6 Å². The minimum Gasteiger partial charge on any atom is -0.362 e. The number of anilines is 1. The zero-order chi connectivity index (χ0) is 18.1. The van der Waals surface area contributed by atoms with Crippen LogP contribution in [-0.2, 0) is 13.6 Å². The Morgan fingerprint density at radius 1 is 1.36 bits per heavy atom. The summed E-state index contributed by atoms with van der Waals surface area (Å²) in [6.07, 6.45) is 3.19. The van der Waals surface area contributed by atoms with Crippen molar-refractivity contribution >= 4 is 33.3 Å². The molecule has 0 bridgehead atoms. The predicted octanol–water partition coefficient (Wildman–Crippen LogP) is 1.69. The highest BCUT2D eigenvalue weighted by molar-refractivity contribution is 7.20. The van der Waals surface area contributed by atoms with Gasteiger partial charge in [0.1, 0.15) is 10.6 Å². The molecule has 1 amide bonds. The maximum atomic E-state index is 12.6. The van der Waals surface area contributed by atoms with Crippen LogP contribution in [0.3, 0.4) is 0 Å². The number of amides is 1. The van der Waals surface area contributed by atoms with Crippen LogP contribution in [0.25, 0.3) is 10.2 Å². The first-order valence-corrected chi connectivity index (χ1v) is 8.56. The van der Waals surface area contributed by atoms with Crippen LogP contribution in [0.2, 0.25) is 0 Å². The lowest BCUT2D eigenvalue weighted by atomic mass is 10.2. The predicted molar refractivity (Wildman–Crippen MR) is 99.3 cm³/mol. The fraction of sp³-hybridized carbons (Fsp3) is 0.294. The van der Waals surface area contributed by atoms with Crippen molar-refractivity contribution < 1.29 is 4.79 Å². The molecule has 25 heavy (non-hydrogen) atoms. The number of nitrogens with zero attached hydrogens (tertiary/aromatic N) is 4. The topological polar surface area (TPSA) is 80.1 Å². The van der Waals surface area contributed by atoms with E-state index in [-0.39, 0.29) is 11.5 Å². The summed E-state index contributed by atoms with van der Waals surface area (Å²) in [6.45, 7) is 2.14. The molecule has 0 aromatic carbocycles. The van der Waals surface area contributed by atoms with Crippen molar-refractivity contribution in [3.63, 3.8) is 0 Å². The number of hydrogen-bond donors (Lipinski definition) is 1. The van der Waals surface area contributed by atoms with E-state index in [1.807, 2.05) is 31.1 Å². The quantitative estimate of drug-likeness (QED) is 0.769. The molecule has 3 rings (SSSR count). The smallest absolute Gasteiger partial charge is 0.262 e. The van der Waals surface area contributed by atoms with E-state index in [9.17, 15) is 9.59 Å². The van der Waals surface area contributed by atoms with Crippen molar-refractivity contribution in [2.24, 2.45) is 7.05 Å². The Morgan fingerprint density at radius 2 is 2.12 bits per heavy atom. The molecule has 0 spiro atoms. The Bertz CT molecular complexity index is 1010. The Balaban J connectivity index is 1.88. The molecule has 130 valence electrons. The first-order valence-electron chi connectivity index (χ1n) is 7.74. The molecular weight excluding hydrogens is 338 g/mol. The number of carbonyl (C=O) groups excluding carboxylic acids is 1. The van der Waals surface area contributed by atoms with E-state index in [1.165, 1.54) is 22.2 Å². The number of aromatic nitrogens is 3. The molecule has 0 saturated carbocycles. The summed E-state index contributed by atoms with van der Waals surface area (Å²) in [7, 11) is 5.47. The van der Waals surface area contributed by atoms with Crippen molar-refractivity contribution in [2.75, 3.05) is 19.0 Å². The van der Waals surface area contributed by atoms with E-state index in [4.69, 9.17) is 0 Å². The summed E-state index contributed by atoms with van der Waals surface area (Å²) in [5, 5.41) is 3.42. The molecule has 0 aliphatic heterocycles. The molecule has 0 radical (unpaired) electrons. The second kappa shape index (κ2) is 6.64. The fourth-order valence-electron chi connectivity index (χ4n) is 2.65. The summed E-state index contributed by atoms with van der Waals surface area (Å²) in [6, 6.07) is 3.77. The molecule has 0 atom stereocenters. The Kier molecular flexibility index (Phi) is 4.54. The van der Waals surface area contributed by atoms with Gasteiger partial charge in [0.2, 0.25) is 0 Å². The number of aryl methyl sites for hydroxylation is 2. The molecule has 0 saturated heterocycles. The van der Waals surface area contributed by atoms with Gasteiger partial charge < -0.3 is 14.8 Å². The average Bonchev–Trinajstić information content (AvgIpc) is 2.93. The SMILES string of the molecule is Cc1c(C(=O)NCc2cccnc2N(C)C)sc2ncn(C)c(=O)c12. The number of fused-ring (bicyclic) bond motifs is 1. The normalized spacial score (nSPS) is 10.9. The van der Waals surface area contributed by atoms with Gasteiger partial charge in [-0.1, -0.05) is 6.07 Å². The molecule has 3 heterocycles. The van der Waals surface area contributed by atoms with E-state index in [2.05, 4.69) is 15.3 Å². The van der Waals surface area contributed by atoms with Crippen molar-refractivity contribution in [1.29, 1.82) is 0 Å². The van der Waals surface area contributed by atoms with Crippen LogP contribution in [0.4, 0.5) is 5.82 Å². The third-order valence-corrected chi connectivity index (χ3v) is 5.15. The molecule has 0 unspecified atom stereocenters. The van der Waals surface area contributed by atoms with E-state index in [0.717, 1.165) is 11.4 Å². The van der Waals surface area contributed by atoms with Crippen LogP contribution < -0.4 is 15.8 Å². The van der Waals surface area contributed by atoms with E-state index in [0.29, 0.717) is 27.2 Å². The molecule has 3 aromatic heterocycles. The standard InChI is InChI=1S/C17H19N5O2S/c1-10-12-16(20-9-22(4)17(12)24)25-13(10)15(23)19-8-11-6-5-7-18-14(11)21(2)3/h5-7,9H,8H2,1-4H3,(H,19,23). The lowest BCUT2D eigenvalue weighted by Crippen LogP contribution is -2.24. The lowest BCUT2D eigenvalue weighted by molar-refractivity contribution is 0.0954. The number of carbonyl (C=O) groups is 1. The number of pyridine rings is 1. The third-order valence-electron chi connectivity index (χ3n) is 3.95. The Hall–Kier alpha value is -2.74. The van der Waals surface area contributed by atoms with Gasteiger partial charge in [0.05, 0.1) is 16.6 Å². The molecule has 1 N–H and O–H groups in total. The van der Waals surface area contributed by atoms with Crippen molar-refractivity contribution in [3.8, 4) is 0 Å². The highest BCUT2D eigenvalue weighted by Gasteiger charge is 2.19. The zero-order valence-electron chi connectivity index (χ0n) is 14.5. The van der Waals surface area contributed by atoms with Crippen molar-refractivity contribution in [3.05, 3.63) is 51.0 Å². The van der Waals surface area contributed by atoms with Gasteiger partial charge in [0.15, 0.2) is 0 Å². The molecule has 3 aromatic rings. The second-order valence-electron chi connectivity index (χ2n) is 5.96. The summed E-state index contributed by atoms with van der Waals surface area (Å²) < 4.78 is 1.42. The minimum atomic E-state index is -0.212. The average molecular weight is 357 g/mol. The van der Waals surface area contributed by atoms with E-state index < -0.39 is 0 Å². The molecule has 8 heteroatoms. The van der Waals surface area contributed by atoms with Gasteiger partial charge >= 0.3 is 0 Å². The van der Waals surface area contributed by atoms with Crippen LogP contribution in [-0.4, -0.2) is 34.5 Å². The van der Waals surface area contributed by atoms with Gasteiger partial charge in [-0.3, -0.25) is 9.59 Å². The van der Waals surface area contributed by atoms with Gasteiger partial charge in [0.25, 0.3) is 11.5 Å². The second-order valence-corrected chi connectivity index (χ2v) is 6.96. The van der Waals surface area contributed by atoms with Crippen molar-refractivity contribution in [1.82, 2.24) is 19.9 Å². The van der Waals surface area contributed by atoms with E-state index >= 15 is 0 Å². The van der Waals surface area contributed by atoms with Gasteiger partial charge in [-0.25, -0.2) is 9.97 Å². The maximum absolute atomic E-state index is 12.6. The van der Waals surface area contributed by atoms with Gasteiger partial charge in [-0.15, -0.1) is 11.3 Å². The zero-order valence-corrected chi connectivity index (χ0v) is 15.3. The number of hydrogen-bond acceptors (Lipinski definition) is 6. The summed E-state index contributed by atoms with van der Waals surface area (Å²) in [5.74, 6) is 0.600. The van der Waals surface area contributed by atoms with Gasteiger partial charge in [-0.2, -0.15) is 0 Å². The number of thiophene rings is 1. The first kappa shape index (κ1) is 17.1.